The summed E-state index contributed by atoms with van der Waals surface area (Å²) < 4.78 is 27.0. The summed E-state index contributed by atoms with van der Waals surface area (Å²) in [4.78, 5) is 12.4. The van der Waals surface area contributed by atoms with Crippen LogP contribution in [0.15, 0.2) is 18.2 Å². The minimum absolute atomic E-state index is 0.0326. The Morgan fingerprint density at radius 1 is 1.38 bits per heavy atom. The second kappa shape index (κ2) is 6.10. The molecule has 21 heavy (non-hydrogen) atoms. The third kappa shape index (κ3) is 3.07. The summed E-state index contributed by atoms with van der Waals surface area (Å²) in [5.41, 5.74) is -0.680. The van der Waals surface area contributed by atoms with Crippen molar-refractivity contribution < 1.29 is 18.7 Å². The number of rotatable bonds is 5. The highest BCUT2D eigenvalue weighted by atomic mass is 19.1. The molecule has 1 unspecified atom stereocenters. The Balaban J connectivity index is 2.15. The van der Waals surface area contributed by atoms with Crippen molar-refractivity contribution in [2.45, 2.75) is 44.6 Å². The molecule has 1 saturated carbocycles. The van der Waals surface area contributed by atoms with Gasteiger partial charge < -0.3 is 10.4 Å². The van der Waals surface area contributed by atoms with E-state index in [1.165, 1.54) is 12.1 Å². The second-order valence-electron chi connectivity index (χ2n) is 6.08. The molecule has 0 bridgehead atoms. The first-order valence-electron chi connectivity index (χ1n) is 7.29. The number of aliphatic hydroxyl groups is 1. The molecule has 1 fully saturated rings. The summed E-state index contributed by atoms with van der Waals surface area (Å²) in [6.45, 7) is 3.85. The van der Waals surface area contributed by atoms with Crippen LogP contribution in [0.5, 0.6) is 0 Å². The smallest absolute Gasteiger partial charge is 0.230 e. The lowest BCUT2D eigenvalue weighted by molar-refractivity contribution is -0.130. The molecule has 0 aromatic heterocycles. The van der Waals surface area contributed by atoms with Crippen LogP contribution >= 0.6 is 0 Å². The SMILES string of the molecule is CC(C)C(O)CNC(=O)C1(c2ccc(F)cc2F)CCC1. The van der Waals surface area contributed by atoms with E-state index in [2.05, 4.69) is 5.32 Å². The molecule has 1 aromatic rings. The molecule has 5 heteroatoms. The number of hydrogen-bond acceptors (Lipinski definition) is 2. The molecule has 3 nitrogen and oxygen atoms in total. The molecule has 0 radical (unpaired) electrons. The van der Waals surface area contributed by atoms with Gasteiger partial charge in [-0.25, -0.2) is 8.78 Å². The fourth-order valence-corrected chi connectivity index (χ4v) is 2.63. The summed E-state index contributed by atoms with van der Waals surface area (Å²) in [5.74, 6) is -1.60. The zero-order valence-electron chi connectivity index (χ0n) is 12.3. The monoisotopic (exact) mass is 297 g/mol. The topological polar surface area (TPSA) is 49.3 Å². The Bertz CT molecular complexity index is 527. The van der Waals surface area contributed by atoms with Crippen LogP contribution in [0.1, 0.15) is 38.7 Å². The lowest BCUT2D eigenvalue weighted by Crippen LogP contribution is -2.51. The Morgan fingerprint density at radius 3 is 2.52 bits per heavy atom. The van der Waals surface area contributed by atoms with E-state index in [-0.39, 0.29) is 23.9 Å². The van der Waals surface area contributed by atoms with Crippen molar-refractivity contribution >= 4 is 5.91 Å². The molecular formula is C16H21F2NO2. The number of benzene rings is 1. The van der Waals surface area contributed by atoms with Crippen molar-refractivity contribution in [3.63, 3.8) is 0 Å². The van der Waals surface area contributed by atoms with E-state index in [0.717, 1.165) is 12.5 Å². The summed E-state index contributed by atoms with van der Waals surface area (Å²) in [6, 6.07) is 3.34. The first-order valence-corrected chi connectivity index (χ1v) is 7.29. The van der Waals surface area contributed by atoms with Crippen molar-refractivity contribution in [3.8, 4) is 0 Å². The highest BCUT2D eigenvalue weighted by Crippen LogP contribution is 2.45. The molecular weight excluding hydrogens is 276 g/mol. The highest BCUT2D eigenvalue weighted by molar-refractivity contribution is 5.89. The zero-order valence-corrected chi connectivity index (χ0v) is 12.3. The largest absolute Gasteiger partial charge is 0.391 e. The maximum absolute atomic E-state index is 14.0. The second-order valence-corrected chi connectivity index (χ2v) is 6.08. The Kier molecular flexibility index (Phi) is 4.61. The molecule has 1 aliphatic rings. The fourth-order valence-electron chi connectivity index (χ4n) is 2.63. The van der Waals surface area contributed by atoms with Gasteiger partial charge in [0.2, 0.25) is 5.91 Å². The third-order valence-electron chi connectivity index (χ3n) is 4.33. The van der Waals surface area contributed by atoms with Gasteiger partial charge in [0.05, 0.1) is 11.5 Å². The van der Waals surface area contributed by atoms with E-state index in [0.29, 0.717) is 12.8 Å². The summed E-state index contributed by atoms with van der Waals surface area (Å²) >= 11 is 0. The lowest BCUT2D eigenvalue weighted by atomic mass is 9.63. The van der Waals surface area contributed by atoms with Crippen LogP contribution in [-0.2, 0) is 10.2 Å². The molecule has 0 saturated heterocycles. The van der Waals surface area contributed by atoms with E-state index in [4.69, 9.17) is 0 Å². The standard InChI is InChI=1S/C16H21F2NO2/c1-10(2)14(20)9-19-15(21)16(6-3-7-16)12-5-4-11(17)8-13(12)18/h4-5,8,10,14,20H,3,6-7,9H2,1-2H3,(H,19,21). The van der Waals surface area contributed by atoms with Crippen LogP contribution in [-0.4, -0.2) is 23.7 Å². The Morgan fingerprint density at radius 2 is 2.05 bits per heavy atom. The fraction of sp³-hybridized carbons (Fsp3) is 0.562. The zero-order chi connectivity index (χ0) is 15.6. The van der Waals surface area contributed by atoms with Gasteiger partial charge in [-0.3, -0.25) is 4.79 Å². The predicted octanol–water partition coefficient (Wildman–Crippen LogP) is 2.52. The van der Waals surface area contributed by atoms with Crippen LogP contribution in [0.2, 0.25) is 0 Å². The van der Waals surface area contributed by atoms with E-state index in [9.17, 15) is 18.7 Å². The Labute approximate surface area is 123 Å². The number of carbonyl (C=O) groups excluding carboxylic acids is 1. The van der Waals surface area contributed by atoms with Gasteiger partial charge in [0.25, 0.3) is 0 Å². The predicted molar refractivity (Wildman–Crippen MR) is 75.7 cm³/mol. The molecule has 0 aliphatic heterocycles. The van der Waals surface area contributed by atoms with Gasteiger partial charge in [-0.05, 0) is 24.8 Å². The van der Waals surface area contributed by atoms with Gasteiger partial charge in [0.15, 0.2) is 0 Å². The van der Waals surface area contributed by atoms with E-state index in [1.54, 1.807) is 0 Å². The molecule has 1 aliphatic carbocycles. The van der Waals surface area contributed by atoms with Crippen molar-refractivity contribution in [1.82, 2.24) is 5.32 Å². The average molecular weight is 297 g/mol. The van der Waals surface area contributed by atoms with Gasteiger partial charge >= 0.3 is 0 Å². The number of amides is 1. The molecule has 116 valence electrons. The van der Waals surface area contributed by atoms with Crippen LogP contribution in [0, 0.1) is 17.6 Å². The molecule has 2 N–H and O–H groups in total. The van der Waals surface area contributed by atoms with Crippen LogP contribution in [0.25, 0.3) is 0 Å². The van der Waals surface area contributed by atoms with Gasteiger partial charge in [-0.1, -0.05) is 26.3 Å². The van der Waals surface area contributed by atoms with Crippen LogP contribution < -0.4 is 5.32 Å². The maximum atomic E-state index is 14.0. The van der Waals surface area contributed by atoms with Crippen LogP contribution in [0.4, 0.5) is 8.78 Å². The van der Waals surface area contributed by atoms with Crippen molar-refractivity contribution in [2.75, 3.05) is 6.54 Å². The summed E-state index contributed by atoms with van der Waals surface area (Å²) in [7, 11) is 0. The number of aliphatic hydroxyl groups excluding tert-OH is 1. The third-order valence-corrected chi connectivity index (χ3v) is 4.33. The van der Waals surface area contributed by atoms with Gasteiger partial charge in [0.1, 0.15) is 11.6 Å². The summed E-state index contributed by atoms with van der Waals surface area (Å²) in [6.07, 6.45) is 1.28. The molecule has 2 rings (SSSR count). The van der Waals surface area contributed by atoms with E-state index >= 15 is 0 Å². The summed E-state index contributed by atoms with van der Waals surface area (Å²) in [5, 5.41) is 12.5. The van der Waals surface area contributed by atoms with E-state index in [1.807, 2.05) is 13.8 Å². The van der Waals surface area contributed by atoms with Gasteiger partial charge in [-0.2, -0.15) is 0 Å². The number of nitrogens with one attached hydrogen (secondary N) is 1. The quantitative estimate of drug-likeness (QED) is 0.877. The number of hydrogen-bond donors (Lipinski definition) is 2. The number of halogens is 2. The average Bonchev–Trinajstić information content (AvgIpc) is 2.36. The molecule has 0 heterocycles. The molecule has 1 amide bonds. The van der Waals surface area contributed by atoms with Crippen LogP contribution in [0.3, 0.4) is 0 Å². The van der Waals surface area contributed by atoms with E-state index < -0.39 is 23.2 Å². The van der Waals surface area contributed by atoms with Gasteiger partial charge in [-0.15, -0.1) is 0 Å². The maximum Gasteiger partial charge on any atom is 0.230 e. The molecule has 0 spiro atoms. The number of carbonyl (C=O) groups is 1. The van der Waals surface area contributed by atoms with Crippen molar-refractivity contribution in [2.24, 2.45) is 5.92 Å². The Hall–Kier alpha value is -1.49. The van der Waals surface area contributed by atoms with Gasteiger partial charge in [0, 0.05) is 18.2 Å². The molecule has 1 aromatic carbocycles. The highest BCUT2D eigenvalue weighted by Gasteiger charge is 2.47. The van der Waals surface area contributed by atoms with Crippen molar-refractivity contribution in [3.05, 3.63) is 35.4 Å². The first kappa shape index (κ1) is 15.9. The normalized spacial score (nSPS) is 18.2. The lowest BCUT2D eigenvalue weighted by Gasteiger charge is -2.41. The first-order chi connectivity index (χ1) is 9.86. The van der Waals surface area contributed by atoms with Crippen molar-refractivity contribution in [1.29, 1.82) is 0 Å². The minimum Gasteiger partial charge on any atom is -0.391 e. The minimum atomic E-state index is -0.922. The molecule has 1 atom stereocenters.